The highest BCUT2D eigenvalue weighted by Crippen LogP contribution is 2.33. The highest BCUT2D eigenvalue weighted by molar-refractivity contribution is 6.31. The lowest BCUT2D eigenvalue weighted by molar-refractivity contribution is 0.238. The van der Waals surface area contributed by atoms with Crippen molar-refractivity contribution in [3.8, 4) is 0 Å². The van der Waals surface area contributed by atoms with Crippen molar-refractivity contribution in [2.24, 2.45) is 17.6 Å². The molecule has 1 aromatic carbocycles. The molecule has 2 heteroatoms. The predicted molar refractivity (Wildman–Crippen MR) is 83.6 cm³/mol. The lowest BCUT2D eigenvalue weighted by Crippen LogP contribution is -2.35. The number of benzene rings is 1. The second kappa shape index (κ2) is 6.76. The molecule has 106 valence electrons. The molecule has 1 unspecified atom stereocenters. The molecule has 0 aromatic heterocycles. The van der Waals surface area contributed by atoms with Crippen LogP contribution >= 0.6 is 11.6 Å². The van der Waals surface area contributed by atoms with Gasteiger partial charge >= 0.3 is 0 Å². The van der Waals surface area contributed by atoms with E-state index in [1.165, 1.54) is 43.2 Å². The van der Waals surface area contributed by atoms with Crippen LogP contribution in [0, 0.1) is 18.8 Å². The SMILES string of the molecule is CCC1CCC(C(N)Cc2ccc(C)cc2Cl)CC1. The molecule has 1 nitrogen and oxygen atoms in total. The number of hydrogen-bond donors (Lipinski definition) is 1. The van der Waals surface area contributed by atoms with E-state index in [9.17, 15) is 0 Å². The lowest BCUT2D eigenvalue weighted by Gasteiger charge is -2.32. The summed E-state index contributed by atoms with van der Waals surface area (Å²) >= 11 is 6.30. The molecular formula is C17H26ClN. The Morgan fingerprint density at radius 2 is 1.95 bits per heavy atom. The summed E-state index contributed by atoms with van der Waals surface area (Å²) < 4.78 is 0. The third-order valence-electron chi connectivity index (χ3n) is 4.74. The molecule has 1 aliphatic rings. The third kappa shape index (κ3) is 3.97. The summed E-state index contributed by atoms with van der Waals surface area (Å²) in [6, 6.07) is 6.56. The molecule has 0 aliphatic heterocycles. The largest absolute Gasteiger partial charge is 0.327 e. The Morgan fingerprint density at radius 1 is 1.26 bits per heavy atom. The quantitative estimate of drug-likeness (QED) is 0.847. The van der Waals surface area contributed by atoms with E-state index in [1.54, 1.807) is 0 Å². The molecule has 19 heavy (non-hydrogen) atoms. The monoisotopic (exact) mass is 279 g/mol. The minimum atomic E-state index is 0.262. The average molecular weight is 280 g/mol. The van der Waals surface area contributed by atoms with Gasteiger partial charge in [0.1, 0.15) is 0 Å². The van der Waals surface area contributed by atoms with Gasteiger partial charge in [-0.3, -0.25) is 0 Å². The first-order valence-corrected chi connectivity index (χ1v) is 7.98. The summed E-state index contributed by atoms with van der Waals surface area (Å²) in [5, 5.41) is 0.873. The molecule has 2 rings (SSSR count). The summed E-state index contributed by atoms with van der Waals surface area (Å²) in [5.41, 5.74) is 8.84. The lowest BCUT2D eigenvalue weighted by atomic mass is 9.76. The Balaban J connectivity index is 1.92. The van der Waals surface area contributed by atoms with Crippen molar-refractivity contribution in [2.45, 2.75) is 58.4 Å². The maximum atomic E-state index is 6.42. The Labute approximate surface area is 122 Å². The maximum Gasteiger partial charge on any atom is 0.0441 e. The van der Waals surface area contributed by atoms with Crippen molar-refractivity contribution >= 4 is 11.6 Å². The van der Waals surface area contributed by atoms with Crippen LogP contribution in [0.25, 0.3) is 0 Å². The Morgan fingerprint density at radius 3 is 2.53 bits per heavy atom. The molecule has 1 aromatic rings. The first kappa shape index (κ1) is 14.9. The fourth-order valence-electron chi connectivity index (χ4n) is 3.26. The average Bonchev–Trinajstić information content (AvgIpc) is 2.42. The first-order valence-electron chi connectivity index (χ1n) is 7.60. The van der Waals surface area contributed by atoms with Gasteiger partial charge in [0.15, 0.2) is 0 Å². The first-order chi connectivity index (χ1) is 9.10. The second-order valence-electron chi connectivity index (χ2n) is 6.15. The second-order valence-corrected chi connectivity index (χ2v) is 6.56. The maximum absolute atomic E-state index is 6.42. The molecule has 0 amide bonds. The number of nitrogens with two attached hydrogens (primary N) is 1. The summed E-state index contributed by atoms with van der Waals surface area (Å²) in [5.74, 6) is 1.62. The minimum Gasteiger partial charge on any atom is -0.327 e. The Kier molecular flexibility index (Phi) is 5.29. The van der Waals surface area contributed by atoms with Crippen molar-refractivity contribution in [1.82, 2.24) is 0 Å². The van der Waals surface area contributed by atoms with Crippen LogP contribution in [0.4, 0.5) is 0 Å². The van der Waals surface area contributed by atoms with Crippen LogP contribution in [-0.2, 0) is 6.42 Å². The molecule has 1 aliphatic carbocycles. The molecule has 0 bridgehead atoms. The Hall–Kier alpha value is -0.530. The standard InChI is InChI=1S/C17H26ClN/c1-3-13-5-8-14(9-6-13)17(19)11-15-7-4-12(2)10-16(15)18/h4,7,10,13-14,17H,3,5-6,8-9,11,19H2,1-2H3. The van der Waals surface area contributed by atoms with Gasteiger partial charge in [-0.25, -0.2) is 0 Å². The summed E-state index contributed by atoms with van der Waals surface area (Å²) in [4.78, 5) is 0. The van der Waals surface area contributed by atoms with E-state index in [2.05, 4.69) is 26.0 Å². The van der Waals surface area contributed by atoms with E-state index in [4.69, 9.17) is 17.3 Å². The third-order valence-corrected chi connectivity index (χ3v) is 5.09. The van der Waals surface area contributed by atoms with Gasteiger partial charge in [0, 0.05) is 11.1 Å². The van der Waals surface area contributed by atoms with Gasteiger partial charge in [-0.15, -0.1) is 0 Å². The number of hydrogen-bond acceptors (Lipinski definition) is 1. The topological polar surface area (TPSA) is 26.0 Å². The van der Waals surface area contributed by atoms with Crippen LogP contribution in [0.15, 0.2) is 18.2 Å². The van der Waals surface area contributed by atoms with Crippen LogP contribution in [-0.4, -0.2) is 6.04 Å². The van der Waals surface area contributed by atoms with Crippen LogP contribution in [0.3, 0.4) is 0 Å². The number of halogens is 1. The van der Waals surface area contributed by atoms with Crippen LogP contribution in [0.2, 0.25) is 5.02 Å². The summed E-state index contributed by atoms with van der Waals surface area (Å²) in [6.45, 7) is 4.37. The number of aryl methyl sites for hydroxylation is 1. The Bertz CT molecular complexity index is 408. The van der Waals surface area contributed by atoms with Crippen molar-refractivity contribution in [1.29, 1.82) is 0 Å². The van der Waals surface area contributed by atoms with Gasteiger partial charge in [-0.2, -0.15) is 0 Å². The van der Waals surface area contributed by atoms with Crippen LogP contribution in [0.5, 0.6) is 0 Å². The molecule has 0 saturated heterocycles. The zero-order chi connectivity index (χ0) is 13.8. The van der Waals surface area contributed by atoms with E-state index in [0.29, 0.717) is 5.92 Å². The zero-order valence-electron chi connectivity index (χ0n) is 12.2. The fourth-order valence-corrected chi connectivity index (χ4v) is 3.58. The summed E-state index contributed by atoms with van der Waals surface area (Å²) in [6.07, 6.45) is 7.55. The molecule has 0 radical (unpaired) electrons. The molecule has 2 N–H and O–H groups in total. The van der Waals surface area contributed by atoms with E-state index in [1.807, 2.05) is 6.07 Å². The summed E-state index contributed by atoms with van der Waals surface area (Å²) in [7, 11) is 0. The van der Waals surface area contributed by atoms with Gasteiger partial charge in [-0.05, 0) is 55.2 Å². The number of rotatable bonds is 4. The van der Waals surface area contributed by atoms with E-state index < -0.39 is 0 Å². The van der Waals surface area contributed by atoms with Crippen LogP contribution < -0.4 is 5.73 Å². The van der Waals surface area contributed by atoms with Gasteiger partial charge in [-0.1, -0.05) is 49.9 Å². The minimum absolute atomic E-state index is 0.262. The normalized spacial score (nSPS) is 25.3. The van der Waals surface area contributed by atoms with E-state index in [-0.39, 0.29) is 6.04 Å². The highest BCUT2D eigenvalue weighted by Gasteiger charge is 2.25. The van der Waals surface area contributed by atoms with Gasteiger partial charge in [0.2, 0.25) is 0 Å². The van der Waals surface area contributed by atoms with Gasteiger partial charge in [0.05, 0.1) is 0 Å². The fraction of sp³-hybridized carbons (Fsp3) is 0.647. The van der Waals surface area contributed by atoms with Crippen molar-refractivity contribution in [2.75, 3.05) is 0 Å². The smallest absolute Gasteiger partial charge is 0.0441 e. The molecule has 1 saturated carbocycles. The molecule has 0 heterocycles. The highest BCUT2D eigenvalue weighted by atomic mass is 35.5. The van der Waals surface area contributed by atoms with Crippen molar-refractivity contribution in [3.63, 3.8) is 0 Å². The predicted octanol–water partition coefficient (Wildman–Crippen LogP) is 4.73. The van der Waals surface area contributed by atoms with Gasteiger partial charge < -0.3 is 5.73 Å². The molecule has 1 fully saturated rings. The van der Waals surface area contributed by atoms with E-state index in [0.717, 1.165) is 17.4 Å². The molecule has 0 spiro atoms. The van der Waals surface area contributed by atoms with Crippen molar-refractivity contribution in [3.05, 3.63) is 34.3 Å². The van der Waals surface area contributed by atoms with Crippen molar-refractivity contribution < 1.29 is 0 Å². The van der Waals surface area contributed by atoms with Gasteiger partial charge in [0.25, 0.3) is 0 Å². The van der Waals surface area contributed by atoms with Crippen LogP contribution in [0.1, 0.15) is 50.2 Å². The zero-order valence-corrected chi connectivity index (χ0v) is 12.9. The molecular weight excluding hydrogens is 254 g/mol. The van der Waals surface area contributed by atoms with E-state index >= 15 is 0 Å². The molecule has 1 atom stereocenters.